The van der Waals surface area contributed by atoms with E-state index in [9.17, 15) is 26.7 Å². The average Bonchev–Trinajstić information content (AvgIpc) is 2.70. The molecule has 156 valence electrons. The fraction of sp³-hybridized carbons (Fsp3) is 0.389. The summed E-state index contributed by atoms with van der Waals surface area (Å²) >= 11 is 0. The summed E-state index contributed by atoms with van der Waals surface area (Å²) in [5, 5.41) is 2.27. The number of amides is 1. The Bertz CT molecular complexity index is 863. The number of halogens is 5. The molecule has 1 saturated heterocycles. The number of piperazine rings is 1. The lowest BCUT2D eigenvalue weighted by Gasteiger charge is -2.34. The fourth-order valence-electron chi connectivity index (χ4n) is 3.12. The zero-order valence-corrected chi connectivity index (χ0v) is 15.4. The van der Waals surface area contributed by atoms with Crippen LogP contribution in [0.15, 0.2) is 30.5 Å². The van der Waals surface area contributed by atoms with E-state index in [0.29, 0.717) is 26.2 Å². The molecule has 2 N–H and O–H groups in total. The summed E-state index contributed by atoms with van der Waals surface area (Å²) in [5.74, 6) is -2.31. The van der Waals surface area contributed by atoms with E-state index in [1.807, 2.05) is 0 Å². The lowest BCUT2D eigenvalue weighted by Crippen LogP contribution is -3.19. The molecule has 29 heavy (non-hydrogen) atoms. The molecule has 2 heterocycles. The van der Waals surface area contributed by atoms with Crippen molar-refractivity contribution in [2.24, 2.45) is 0 Å². The van der Waals surface area contributed by atoms with E-state index in [0.717, 1.165) is 29.3 Å². The molecule has 1 fully saturated rings. The van der Waals surface area contributed by atoms with Crippen LogP contribution in [0.2, 0.25) is 0 Å². The summed E-state index contributed by atoms with van der Waals surface area (Å²) in [6.45, 7) is 3.15. The van der Waals surface area contributed by atoms with Gasteiger partial charge >= 0.3 is 6.18 Å². The highest BCUT2D eigenvalue weighted by molar-refractivity contribution is 5.93. The Balaban J connectivity index is 1.61. The van der Waals surface area contributed by atoms with Gasteiger partial charge in [0.25, 0.3) is 5.91 Å². The van der Waals surface area contributed by atoms with E-state index in [4.69, 9.17) is 0 Å². The predicted molar refractivity (Wildman–Crippen MR) is 94.4 cm³/mol. The third kappa shape index (κ3) is 4.78. The zero-order chi connectivity index (χ0) is 21.2. The van der Waals surface area contributed by atoms with Crippen LogP contribution in [-0.4, -0.2) is 48.1 Å². The van der Waals surface area contributed by atoms with E-state index in [1.54, 1.807) is 11.8 Å². The van der Waals surface area contributed by atoms with Gasteiger partial charge in [-0.05, 0) is 25.1 Å². The van der Waals surface area contributed by atoms with Gasteiger partial charge in [-0.2, -0.15) is 13.2 Å². The van der Waals surface area contributed by atoms with Gasteiger partial charge in [0.1, 0.15) is 23.0 Å². The highest BCUT2D eigenvalue weighted by atomic mass is 19.4. The Kier molecular flexibility index (Phi) is 5.96. The van der Waals surface area contributed by atoms with Gasteiger partial charge in [-0.25, -0.2) is 18.7 Å². The molecule has 6 nitrogen and oxygen atoms in total. The largest absolute Gasteiger partial charge is 0.433 e. The molecule has 0 bridgehead atoms. The first-order valence-electron chi connectivity index (χ1n) is 8.91. The Labute approximate surface area is 163 Å². The number of rotatable bonds is 4. The van der Waals surface area contributed by atoms with Crippen LogP contribution in [0, 0.1) is 11.6 Å². The summed E-state index contributed by atoms with van der Waals surface area (Å²) in [4.78, 5) is 22.3. The quantitative estimate of drug-likeness (QED) is 0.742. The van der Waals surface area contributed by atoms with Crippen LogP contribution in [0.4, 0.5) is 33.6 Å². The number of carbonyl (C=O) groups excluding carboxylic acids is 1. The molecule has 3 rings (SSSR count). The third-order valence-electron chi connectivity index (χ3n) is 4.84. The number of carbonyl (C=O) groups is 1. The van der Waals surface area contributed by atoms with E-state index >= 15 is 0 Å². The normalized spacial score (nSPS) is 16.6. The number of benzene rings is 1. The van der Waals surface area contributed by atoms with Crippen LogP contribution in [0.1, 0.15) is 12.6 Å². The number of hydrogen-bond acceptors (Lipinski definition) is 4. The standard InChI is InChI=1S/C18H18F5N5O/c1-11(16(29)26-15-12(19)3-2-4-13(15)20)27-7-9-28(10-8-27)17-24-6-5-14(25-17)18(21,22)23/h2-6,11H,7-10H2,1H3,(H,26,29)/p+1/t11-/m1/s1. The highest BCUT2D eigenvalue weighted by Gasteiger charge is 2.35. The van der Waals surface area contributed by atoms with Crippen LogP contribution in [0.5, 0.6) is 0 Å². The Morgan fingerprint density at radius 2 is 1.79 bits per heavy atom. The number of nitrogens with one attached hydrogen (secondary N) is 2. The second kappa shape index (κ2) is 8.27. The van der Waals surface area contributed by atoms with Gasteiger partial charge in [0.15, 0.2) is 6.04 Å². The molecule has 0 saturated carbocycles. The zero-order valence-electron chi connectivity index (χ0n) is 15.4. The molecule has 11 heteroatoms. The number of anilines is 2. The van der Waals surface area contributed by atoms with Crippen molar-refractivity contribution in [2.75, 3.05) is 36.4 Å². The minimum Gasteiger partial charge on any atom is -0.330 e. The highest BCUT2D eigenvalue weighted by Crippen LogP contribution is 2.28. The molecule has 1 amide bonds. The van der Waals surface area contributed by atoms with Gasteiger partial charge in [-0.3, -0.25) is 4.79 Å². The number of hydrogen-bond donors (Lipinski definition) is 2. The van der Waals surface area contributed by atoms with Crippen molar-refractivity contribution in [1.82, 2.24) is 9.97 Å². The molecule has 0 aliphatic carbocycles. The Hall–Kier alpha value is -2.82. The maximum Gasteiger partial charge on any atom is 0.433 e. The molecular formula is C18H19F5N5O+. The Morgan fingerprint density at radius 3 is 2.38 bits per heavy atom. The fourth-order valence-corrected chi connectivity index (χ4v) is 3.12. The summed E-state index contributed by atoms with van der Waals surface area (Å²) in [6.07, 6.45) is -3.50. The molecule has 1 aliphatic rings. The average molecular weight is 416 g/mol. The van der Waals surface area contributed by atoms with Gasteiger partial charge in [-0.1, -0.05) is 6.07 Å². The molecule has 1 aromatic heterocycles. The van der Waals surface area contributed by atoms with Crippen molar-refractivity contribution in [1.29, 1.82) is 0 Å². The van der Waals surface area contributed by atoms with Crippen molar-refractivity contribution in [2.45, 2.75) is 19.1 Å². The van der Waals surface area contributed by atoms with Crippen molar-refractivity contribution in [3.8, 4) is 0 Å². The van der Waals surface area contributed by atoms with Crippen LogP contribution >= 0.6 is 0 Å². The first-order valence-corrected chi connectivity index (χ1v) is 8.91. The van der Waals surface area contributed by atoms with E-state index in [2.05, 4.69) is 15.3 Å². The minimum atomic E-state index is -4.56. The van der Waals surface area contributed by atoms with Gasteiger partial charge < -0.3 is 15.1 Å². The monoisotopic (exact) mass is 416 g/mol. The molecule has 1 aliphatic heterocycles. The topological polar surface area (TPSA) is 62.6 Å². The summed E-state index contributed by atoms with van der Waals surface area (Å²) in [7, 11) is 0. The predicted octanol–water partition coefficient (Wildman–Crippen LogP) is 1.51. The molecule has 0 unspecified atom stereocenters. The van der Waals surface area contributed by atoms with Crippen molar-refractivity contribution >= 4 is 17.5 Å². The second-order valence-corrected chi connectivity index (χ2v) is 6.69. The molecule has 2 aromatic rings. The number of quaternary nitrogens is 1. The minimum absolute atomic E-state index is 0.0237. The van der Waals surface area contributed by atoms with Gasteiger partial charge in [0.2, 0.25) is 5.95 Å². The number of para-hydroxylation sites is 1. The summed E-state index contributed by atoms with van der Waals surface area (Å²) < 4.78 is 65.9. The second-order valence-electron chi connectivity index (χ2n) is 6.69. The van der Waals surface area contributed by atoms with E-state index < -0.39 is 41.1 Å². The van der Waals surface area contributed by atoms with Gasteiger partial charge in [0, 0.05) is 6.20 Å². The molecule has 0 radical (unpaired) electrons. The maximum absolute atomic E-state index is 13.7. The van der Waals surface area contributed by atoms with Crippen LogP contribution in [-0.2, 0) is 11.0 Å². The van der Waals surface area contributed by atoms with Crippen molar-refractivity contribution in [3.63, 3.8) is 0 Å². The lowest BCUT2D eigenvalue weighted by atomic mass is 10.2. The first-order chi connectivity index (χ1) is 13.7. The summed E-state index contributed by atoms with van der Waals surface area (Å²) in [5.41, 5.74) is -1.52. The maximum atomic E-state index is 13.7. The number of alkyl halides is 3. The third-order valence-corrected chi connectivity index (χ3v) is 4.84. The molecule has 0 spiro atoms. The lowest BCUT2D eigenvalue weighted by molar-refractivity contribution is -0.914. The molecule has 1 atom stereocenters. The smallest absolute Gasteiger partial charge is 0.330 e. The first kappa shape index (κ1) is 20.9. The van der Waals surface area contributed by atoms with Crippen LogP contribution in [0.3, 0.4) is 0 Å². The van der Waals surface area contributed by atoms with E-state index in [-0.39, 0.29) is 5.95 Å². The SMILES string of the molecule is C[C@H](C(=O)Nc1c(F)cccc1F)[NH+]1CCN(c2nccc(C(F)(F)F)n2)CC1. The van der Waals surface area contributed by atoms with Crippen LogP contribution in [0.25, 0.3) is 0 Å². The summed E-state index contributed by atoms with van der Waals surface area (Å²) in [6, 6.07) is 3.48. The number of aromatic nitrogens is 2. The molecule has 1 aromatic carbocycles. The van der Waals surface area contributed by atoms with Crippen molar-refractivity contribution in [3.05, 3.63) is 47.8 Å². The van der Waals surface area contributed by atoms with Crippen molar-refractivity contribution < 1.29 is 31.6 Å². The Morgan fingerprint density at radius 1 is 1.17 bits per heavy atom. The molecular weight excluding hydrogens is 397 g/mol. The van der Waals surface area contributed by atoms with Crippen LogP contribution < -0.4 is 15.1 Å². The van der Waals surface area contributed by atoms with Gasteiger partial charge in [-0.15, -0.1) is 0 Å². The number of nitrogens with zero attached hydrogens (tertiary/aromatic N) is 3. The van der Waals surface area contributed by atoms with E-state index in [1.165, 1.54) is 6.07 Å². The van der Waals surface area contributed by atoms with Gasteiger partial charge in [0.05, 0.1) is 26.2 Å².